The quantitative estimate of drug-likeness (QED) is 0.0657. The summed E-state index contributed by atoms with van der Waals surface area (Å²) < 4.78 is 180. The van der Waals surface area contributed by atoms with Gasteiger partial charge in [0.1, 0.15) is 0 Å². The van der Waals surface area contributed by atoms with E-state index in [1.54, 1.807) is 93.6 Å². The largest absolute Gasteiger partial charge is 0.299 e. The predicted molar refractivity (Wildman–Crippen MR) is 305 cm³/mol. The molecule has 0 atom stereocenters. The molecule has 0 N–H and O–H groups in total. The molecule has 0 bridgehead atoms. The van der Waals surface area contributed by atoms with Crippen molar-refractivity contribution in [1.29, 1.82) is 0 Å². The highest BCUT2D eigenvalue weighted by Crippen LogP contribution is 2.32. The van der Waals surface area contributed by atoms with Gasteiger partial charge in [-0.3, -0.25) is 4.90 Å². The fourth-order valence-corrected chi connectivity index (χ4v) is 19.9. The van der Waals surface area contributed by atoms with Crippen LogP contribution < -0.4 is 0 Å². The Kier molecular flexibility index (Phi) is 16.2. The summed E-state index contributed by atoms with van der Waals surface area (Å²) >= 11 is 0. The van der Waals surface area contributed by atoms with Gasteiger partial charge in [0.15, 0.2) is 0 Å². The standard InChI is InChI=1S/C57H54N4O12S6/c1-43-16-25-52(26-17-43)74(62,63)59(77(68,69)55-31-22-46-10-4-7-13-49(46)40-55)37-34-58(35-38-60(75(64,65)53-27-18-44(2)19-28-53)78(70,71)56-32-23-47-11-5-8-14-50(47)41-56)36-39-61(76(66,67)54-29-20-45(3)21-30-54)79(72,73)57-33-24-48-12-6-9-15-51(48)42-57/h4-33,40-42H,34-39H2,1-3H3. The van der Waals surface area contributed by atoms with Crippen molar-refractivity contribution in [3.63, 3.8) is 0 Å². The van der Waals surface area contributed by atoms with Crippen LogP contribution >= 0.6 is 0 Å². The van der Waals surface area contributed by atoms with Crippen molar-refractivity contribution in [2.75, 3.05) is 39.3 Å². The summed E-state index contributed by atoms with van der Waals surface area (Å²) in [5.74, 6) is 0. The van der Waals surface area contributed by atoms with Gasteiger partial charge in [-0.05, 0) is 126 Å². The second-order valence-corrected chi connectivity index (χ2v) is 30.7. The molecule has 0 radical (unpaired) electrons. The van der Waals surface area contributed by atoms with E-state index in [1.807, 2.05) is 0 Å². The first kappa shape index (κ1) is 57.0. The fraction of sp³-hybridized carbons (Fsp3) is 0.158. The van der Waals surface area contributed by atoms with Gasteiger partial charge >= 0.3 is 0 Å². The first-order valence-corrected chi connectivity index (χ1v) is 33.3. The first-order valence-electron chi connectivity index (χ1n) is 24.6. The van der Waals surface area contributed by atoms with Crippen LogP contribution in [0, 0.1) is 20.8 Å². The second-order valence-electron chi connectivity index (χ2n) is 18.8. The maximum Gasteiger partial charge on any atom is 0.256 e. The van der Waals surface area contributed by atoms with Crippen LogP contribution in [-0.4, -0.2) is 106 Å². The highest BCUT2D eigenvalue weighted by atomic mass is 32.3. The van der Waals surface area contributed by atoms with Crippen LogP contribution in [0.1, 0.15) is 16.7 Å². The topological polar surface area (TPSA) is 218 Å². The summed E-state index contributed by atoms with van der Waals surface area (Å²) in [6.45, 7) is 0.373. The van der Waals surface area contributed by atoms with E-state index in [0.717, 1.165) is 0 Å². The smallest absolute Gasteiger partial charge is 0.256 e. The molecular formula is C57H54N4O12S6. The van der Waals surface area contributed by atoms with Crippen molar-refractivity contribution in [3.05, 3.63) is 217 Å². The monoisotopic (exact) mass is 1180 g/mol. The maximum atomic E-state index is 15.0. The lowest BCUT2D eigenvalue weighted by Crippen LogP contribution is -2.48. The molecule has 0 aliphatic rings. The highest BCUT2D eigenvalue weighted by molar-refractivity contribution is 8.05. The van der Waals surface area contributed by atoms with Crippen LogP contribution in [-0.2, 0) is 60.1 Å². The molecule has 0 aromatic heterocycles. The van der Waals surface area contributed by atoms with Gasteiger partial charge in [-0.2, -0.15) is 0 Å². The Morgan fingerprint density at radius 3 is 0.684 bits per heavy atom. The van der Waals surface area contributed by atoms with E-state index >= 15 is 0 Å². The summed E-state index contributed by atoms with van der Waals surface area (Å²) in [5, 5.41) is 3.41. The minimum Gasteiger partial charge on any atom is -0.299 e. The van der Waals surface area contributed by atoms with Crippen molar-refractivity contribution >= 4 is 92.5 Å². The lowest BCUT2D eigenvalue weighted by molar-refractivity contribution is 0.254. The van der Waals surface area contributed by atoms with Crippen LogP contribution in [0.25, 0.3) is 32.3 Å². The van der Waals surface area contributed by atoms with Gasteiger partial charge in [0.25, 0.3) is 60.1 Å². The third-order valence-electron chi connectivity index (χ3n) is 13.4. The first-order chi connectivity index (χ1) is 37.4. The molecule has 9 aromatic rings. The van der Waals surface area contributed by atoms with Gasteiger partial charge in [0.05, 0.1) is 29.4 Å². The van der Waals surface area contributed by atoms with E-state index in [9.17, 15) is 50.5 Å². The number of nitrogens with zero attached hydrogens (tertiary/aromatic N) is 4. The zero-order chi connectivity index (χ0) is 56.5. The number of hydrogen-bond donors (Lipinski definition) is 0. The lowest BCUT2D eigenvalue weighted by Gasteiger charge is -2.31. The van der Waals surface area contributed by atoms with Crippen molar-refractivity contribution < 1.29 is 50.5 Å². The average Bonchev–Trinajstić information content (AvgIpc) is 3.61. The molecule has 0 saturated heterocycles. The van der Waals surface area contributed by atoms with Gasteiger partial charge in [-0.15, -0.1) is 0 Å². The Morgan fingerprint density at radius 1 is 0.241 bits per heavy atom. The van der Waals surface area contributed by atoms with Crippen LogP contribution in [0.4, 0.5) is 0 Å². The van der Waals surface area contributed by atoms with E-state index in [4.69, 9.17) is 0 Å². The van der Waals surface area contributed by atoms with Crippen molar-refractivity contribution in [1.82, 2.24) is 16.0 Å². The van der Waals surface area contributed by atoms with Gasteiger partial charge < -0.3 is 0 Å². The van der Waals surface area contributed by atoms with E-state index in [1.165, 1.54) is 132 Å². The molecule has 0 heterocycles. The molecule has 0 aliphatic carbocycles. The average molecular weight is 1180 g/mol. The van der Waals surface area contributed by atoms with Crippen LogP contribution in [0.3, 0.4) is 0 Å². The number of rotatable bonds is 21. The fourth-order valence-electron chi connectivity index (χ4n) is 8.93. The molecule has 22 heteroatoms. The van der Waals surface area contributed by atoms with Gasteiger partial charge in [-0.25, -0.2) is 50.5 Å². The summed E-state index contributed by atoms with van der Waals surface area (Å²) in [6.07, 6.45) is 0. The summed E-state index contributed by atoms with van der Waals surface area (Å²) in [7, 11) is -30.1. The van der Waals surface area contributed by atoms with E-state index in [-0.39, 0.29) is 11.1 Å². The third-order valence-corrected chi connectivity index (χ3v) is 26.4. The molecule has 9 aromatic carbocycles. The minimum absolute atomic E-state index is 0.279. The molecule has 79 heavy (non-hydrogen) atoms. The summed E-state index contributed by atoms with van der Waals surface area (Å²) in [5.41, 5.74) is 2.00. The van der Waals surface area contributed by atoms with Crippen molar-refractivity contribution in [2.24, 2.45) is 0 Å². The molecule has 0 spiro atoms. The predicted octanol–water partition coefficient (Wildman–Crippen LogP) is 8.91. The van der Waals surface area contributed by atoms with E-state index < -0.39 is 129 Å². The Morgan fingerprint density at radius 2 is 0.443 bits per heavy atom. The molecule has 410 valence electrons. The SMILES string of the molecule is Cc1ccc(S(=O)(=O)N(CCN(CCN(S(=O)(=O)c2ccc(C)cc2)S(=O)(=O)c2ccc3ccccc3c2)CCN(S(=O)(=O)c2ccc(C)cc2)S(=O)(=O)c2ccc3ccccc3c2)S(=O)(=O)c2ccc3ccccc3c2)cc1. The number of sulfonamides is 6. The molecule has 0 unspecified atom stereocenters. The van der Waals surface area contributed by atoms with Crippen molar-refractivity contribution in [3.8, 4) is 0 Å². The number of hydrogen-bond acceptors (Lipinski definition) is 13. The summed E-state index contributed by atoms with van der Waals surface area (Å²) in [4.78, 5) is -1.17. The second kappa shape index (κ2) is 22.4. The molecule has 9 rings (SSSR count). The number of aryl methyl sites for hydroxylation is 3. The maximum absolute atomic E-state index is 15.0. The molecule has 0 amide bonds. The van der Waals surface area contributed by atoms with Crippen LogP contribution in [0.5, 0.6) is 0 Å². The lowest BCUT2D eigenvalue weighted by atomic mass is 10.1. The minimum atomic E-state index is -5.03. The number of benzene rings is 9. The Balaban J connectivity index is 1.17. The Bertz CT molecular complexity index is 4010. The number of fused-ring (bicyclic) bond motifs is 3. The van der Waals surface area contributed by atoms with E-state index in [0.29, 0.717) is 49.0 Å². The molecule has 0 aliphatic heterocycles. The normalized spacial score (nSPS) is 13.1. The van der Waals surface area contributed by atoms with E-state index in [2.05, 4.69) is 0 Å². The molecule has 16 nitrogen and oxygen atoms in total. The molecule has 0 fully saturated rings. The van der Waals surface area contributed by atoms with Crippen LogP contribution in [0.2, 0.25) is 0 Å². The van der Waals surface area contributed by atoms with Gasteiger partial charge in [0, 0.05) is 39.3 Å². The van der Waals surface area contributed by atoms with Gasteiger partial charge in [-0.1, -0.05) is 155 Å². The summed E-state index contributed by atoms with van der Waals surface area (Å²) in [6, 6.07) is 49.1. The van der Waals surface area contributed by atoms with Crippen molar-refractivity contribution in [2.45, 2.75) is 50.1 Å². The Hall–Kier alpha value is -6.70. The van der Waals surface area contributed by atoms with Crippen LogP contribution in [0.15, 0.2) is 230 Å². The zero-order valence-corrected chi connectivity index (χ0v) is 47.8. The molecular weight excluding hydrogens is 1130 g/mol. The van der Waals surface area contributed by atoms with Gasteiger partial charge in [0.2, 0.25) is 0 Å². The Labute approximate surface area is 462 Å². The third kappa shape index (κ3) is 11.8. The highest BCUT2D eigenvalue weighted by Gasteiger charge is 2.41. The molecule has 0 saturated carbocycles. The zero-order valence-electron chi connectivity index (χ0n) is 42.9.